The third-order valence-corrected chi connectivity index (χ3v) is 2.78. The molecule has 1 heterocycles. The number of hydrogen-bond acceptors (Lipinski definition) is 6. The van der Waals surface area contributed by atoms with Gasteiger partial charge >= 0.3 is 11.9 Å². The molecule has 6 nitrogen and oxygen atoms in total. The van der Waals surface area contributed by atoms with Gasteiger partial charge in [0.15, 0.2) is 5.78 Å². The van der Waals surface area contributed by atoms with Gasteiger partial charge in [-0.3, -0.25) is 9.59 Å². The van der Waals surface area contributed by atoms with Crippen LogP contribution in [0.15, 0.2) is 12.7 Å². The minimum absolute atomic E-state index is 0.0557. The lowest BCUT2D eigenvalue weighted by atomic mass is 9.83. The van der Waals surface area contributed by atoms with E-state index in [1.807, 2.05) is 0 Å². The van der Waals surface area contributed by atoms with Crippen LogP contribution >= 0.6 is 0 Å². The first-order valence-corrected chi connectivity index (χ1v) is 5.59. The number of carbonyl (C=O) groups excluding carboxylic acids is 3. The van der Waals surface area contributed by atoms with E-state index < -0.39 is 29.2 Å². The smallest absolute Gasteiger partial charge is 0.347 e. The van der Waals surface area contributed by atoms with Crippen molar-refractivity contribution in [2.24, 2.45) is 5.92 Å². The van der Waals surface area contributed by atoms with Crippen LogP contribution in [0.25, 0.3) is 0 Å². The Labute approximate surface area is 105 Å². The maximum atomic E-state index is 12.0. The Morgan fingerprint density at radius 1 is 1.61 bits per heavy atom. The highest BCUT2D eigenvalue weighted by Gasteiger charge is 2.59. The molecule has 0 spiro atoms. The van der Waals surface area contributed by atoms with Gasteiger partial charge in [-0.15, -0.1) is 6.58 Å². The average Bonchev–Trinajstić information content (AvgIpc) is 2.73. The highest BCUT2D eigenvalue weighted by Crippen LogP contribution is 2.33. The molecule has 1 fully saturated rings. The van der Waals surface area contributed by atoms with Crippen LogP contribution in [-0.4, -0.2) is 43.6 Å². The van der Waals surface area contributed by atoms with Gasteiger partial charge in [0, 0.05) is 6.42 Å². The third-order valence-electron chi connectivity index (χ3n) is 2.78. The largest absolute Gasteiger partial charge is 0.468 e. The zero-order valence-electron chi connectivity index (χ0n) is 10.4. The Morgan fingerprint density at radius 3 is 2.67 bits per heavy atom. The second-order valence-corrected chi connectivity index (χ2v) is 3.71. The monoisotopic (exact) mass is 256 g/mol. The predicted octanol–water partition coefficient (Wildman–Crippen LogP) is 0.253. The van der Waals surface area contributed by atoms with E-state index in [2.05, 4.69) is 11.3 Å². The molecule has 1 aliphatic rings. The van der Waals surface area contributed by atoms with E-state index in [0.29, 0.717) is 0 Å². The molecule has 2 atom stereocenters. The van der Waals surface area contributed by atoms with Crippen LogP contribution in [0.3, 0.4) is 0 Å². The van der Waals surface area contributed by atoms with Gasteiger partial charge in [0.25, 0.3) is 0 Å². The zero-order valence-corrected chi connectivity index (χ0v) is 10.4. The first-order valence-electron chi connectivity index (χ1n) is 5.59. The van der Waals surface area contributed by atoms with Crippen LogP contribution in [0.5, 0.6) is 0 Å². The summed E-state index contributed by atoms with van der Waals surface area (Å²) in [6.07, 6.45) is 1.23. The van der Waals surface area contributed by atoms with Crippen LogP contribution in [0, 0.1) is 5.92 Å². The number of Topliss-reactive ketones (excluding diaryl/α,β-unsaturated/α-hetero) is 1. The van der Waals surface area contributed by atoms with Crippen molar-refractivity contribution < 1.29 is 28.6 Å². The van der Waals surface area contributed by atoms with Crippen LogP contribution in [0.2, 0.25) is 0 Å². The summed E-state index contributed by atoms with van der Waals surface area (Å²) in [7, 11) is 1.16. The molecule has 0 saturated carbocycles. The van der Waals surface area contributed by atoms with Gasteiger partial charge in [0.2, 0.25) is 5.60 Å². The molecule has 100 valence electrons. The number of methoxy groups -OCH3 is 1. The predicted molar refractivity (Wildman–Crippen MR) is 60.6 cm³/mol. The quantitative estimate of drug-likeness (QED) is 0.398. The van der Waals surface area contributed by atoms with Crippen LogP contribution < -0.4 is 0 Å². The molecular weight excluding hydrogens is 240 g/mol. The van der Waals surface area contributed by atoms with Crippen molar-refractivity contribution in [1.82, 2.24) is 0 Å². The minimum Gasteiger partial charge on any atom is -0.468 e. The van der Waals surface area contributed by atoms with Crippen molar-refractivity contribution in [2.75, 3.05) is 20.3 Å². The maximum Gasteiger partial charge on any atom is 0.347 e. The Bertz CT molecular complexity index is 375. The van der Waals surface area contributed by atoms with Crippen molar-refractivity contribution in [3.63, 3.8) is 0 Å². The molecule has 0 radical (unpaired) electrons. The molecule has 0 aromatic heterocycles. The van der Waals surface area contributed by atoms with Gasteiger partial charge in [-0.05, 0) is 6.92 Å². The first kappa shape index (κ1) is 14.4. The number of hydrogen-bond donors (Lipinski definition) is 0. The Hall–Kier alpha value is -1.69. The van der Waals surface area contributed by atoms with Gasteiger partial charge in [0.1, 0.15) is 5.92 Å². The van der Waals surface area contributed by atoms with Gasteiger partial charge in [-0.1, -0.05) is 6.08 Å². The molecule has 0 aliphatic carbocycles. The molecule has 0 unspecified atom stereocenters. The molecule has 0 aromatic rings. The fraction of sp³-hybridized carbons (Fsp3) is 0.583. The molecule has 0 amide bonds. The Morgan fingerprint density at radius 2 is 2.28 bits per heavy atom. The summed E-state index contributed by atoms with van der Waals surface area (Å²) in [6.45, 7) is 5.21. The summed E-state index contributed by atoms with van der Waals surface area (Å²) < 4.78 is 14.7. The molecule has 18 heavy (non-hydrogen) atoms. The van der Waals surface area contributed by atoms with Crippen molar-refractivity contribution in [3.8, 4) is 0 Å². The van der Waals surface area contributed by atoms with Crippen molar-refractivity contribution in [1.29, 1.82) is 0 Å². The topological polar surface area (TPSA) is 78.9 Å². The second-order valence-electron chi connectivity index (χ2n) is 3.71. The van der Waals surface area contributed by atoms with E-state index >= 15 is 0 Å². The summed E-state index contributed by atoms with van der Waals surface area (Å²) in [5, 5.41) is 0. The molecule has 1 saturated heterocycles. The average molecular weight is 256 g/mol. The number of rotatable bonds is 5. The third kappa shape index (κ3) is 2.15. The zero-order chi connectivity index (χ0) is 13.8. The summed E-state index contributed by atoms with van der Waals surface area (Å²) in [4.78, 5) is 35.6. The SMILES string of the molecule is C=C[C@@H](C(=O)OC)[C@]1(C(=O)OCC)OCCC1=O. The van der Waals surface area contributed by atoms with E-state index in [-0.39, 0.29) is 19.6 Å². The normalized spacial score (nSPS) is 24.4. The number of carbonyl (C=O) groups is 3. The first-order chi connectivity index (χ1) is 8.54. The highest BCUT2D eigenvalue weighted by molar-refractivity contribution is 6.12. The Balaban J connectivity index is 3.19. The van der Waals surface area contributed by atoms with Crippen molar-refractivity contribution in [3.05, 3.63) is 12.7 Å². The standard InChI is InChI=1S/C12H16O6/c1-4-8(10(14)16-3)12(11(15)17-5-2)9(13)6-7-18-12/h4,8H,1,5-7H2,2-3H3/t8-,12-/m0/s1. The van der Waals surface area contributed by atoms with Gasteiger partial charge < -0.3 is 14.2 Å². The Kier molecular flexibility index (Phi) is 4.61. The lowest BCUT2D eigenvalue weighted by molar-refractivity contribution is -0.180. The van der Waals surface area contributed by atoms with Crippen molar-refractivity contribution >= 4 is 17.7 Å². The van der Waals surface area contributed by atoms with Crippen LogP contribution in [0.4, 0.5) is 0 Å². The van der Waals surface area contributed by atoms with Gasteiger partial charge in [-0.2, -0.15) is 0 Å². The molecule has 0 bridgehead atoms. The second kappa shape index (κ2) is 5.77. The molecular formula is C12H16O6. The van der Waals surface area contributed by atoms with E-state index in [0.717, 1.165) is 7.11 Å². The number of ether oxygens (including phenoxy) is 3. The van der Waals surface area contributed by atoms with Crippen LogP contribution in [0.1, 0.15) is 13.3 Å². The van der Waals surface area contributed by atoms with Gasteiger partial charge in [0.05, 0.1) is 20.3 Å². The minimum atomic E-state index is -1.94. The molecule has 1 aliphatic heterocycles. The summed E-state index contributed by atoms with van der Waals surface area (Å²) in [5.74, 6) is -3.32. The van der Waals surface area contributed by atoms with E-state index in [1.165, 1.54) is 6.08 Å². The van der Waals surface area contributed by atoms with Gasteiger partial charge in [-0.25, -0.2) is 4.79 Å². The lowest BCUT2D eigenvalue weighted by Gasteiger charge is -2.29. The highest BCUT2D eigenvalue weighted by atomic mass is 16.6. The van der Waals surface area contributed by atoms with E-state index in [9.17, 15) is 14.4 Å². The number of esters is 2. The lowest BCUT2D eigenvalue weighted by Crippen LogP contribution is -2.54. The maximum absolute atomic E-state index is 12.0. The molecule has 1 rings (SSSR count). The molecule has 0 aromatic carbocycles. The van der Waals surface area contributed by atoms with Crippen LogP contribution in [-0.2, 0) is 28.6 Å². The molecule has 0 N–H and O–H groups in total. The van der Waals surface area contributed by atoms with E-state index in [4.69, 9.17) is 9.47 Å². The molecule has 6 heteroatoms. The summed E-state index contributed by atoms with van der Waals surface area (Å²) in [6, 6.07) is 0. The van der Waals surface area contributed by atoms with E-state index in [1.54, 1.807) is 6.92 Å². The fourth-order valence-corrected chi connectivity index (χ4v) is 1.93. The summed E-state index contributed by atoms with van der Waals surface area (Å²) in [5.41, 5.74) is -1.94. The fourth-order valence-electron chi connectivity index (χ4n) is 1.93. The van der Waals surface area contributed by atoms with Crippen molar-refractivity contribution in [2.45, 2.75) is 18.9 Å². The summed E-state index contributed by atoms with van der Waals surface area (Å²) >= 11 is 0. The number of ketones is 1.